The van der Waals surface area contributed by atoms with Crippen molar-refractivity contribution in [3.8, 4) is 11.8 Å². The Kier molecular flexibility index (Phi) is 4.39. The number of rotatable bonds is 1. The van der Waals surface area contributed by atoms with Gasteiger partial charge in [0.25, 0.3) is 0 Å². The Morgan fingerprint density at radius 1 is 1.62 bits per heavy atom. The zero-order chi connectivity index (χ0) is 6.41. The van der Waals surface area contributed by atoms with Crippen molar-refractivity contribution in [1.29, 1.82) is 0 Å². The van der Waals surface area contributed by atoms with Gasteiger partial charge in [0, 0.05) is 6.42 Å². The molecule has 46 valence electrons. The summed E-state index contributed by atoms with van der Waals surface area (Å²) in [4.78, 5) is 0. The summed E-state index contributed by atoms with van der Waals surface area (Å²) < 4.78 is 0. The Hall–Kier alpha value is -0.480. The first kappa shape index (κ1) is 7.52. The van der Waals surface area contributed by atoms with Crippen LogP contribution < -0.4 is 0 Å². The van der Waals surface area contributed by atoms with Crippen molar-refractivity contribution in [3.63, 3.8) is 0 Å². The highest BCUT2D eigenvalue weighted by atomic mass is 16.3. The molecule has 0 amide bonds. The Labute approximate surface area is 50.7 Å². The van der Waals surface area contributed by atoms with Crippen molar-refractivity contribution in [2.45, 2.75) is 32.8 Å². The van der Waals surface area contributed by atoms with Crippen molar-refractivity contribution in [2.24, 2.45) is 0 Å². The third-order valence-corrected chi connectivity index (χ3v) is 0.686. The molecule has 0 unspecified atom stereocenters. The summed E-state index contributed by atoms with van der Waals surface area (Å²) in [5.41, 5.74) is 0. The summed E-state index contributed by atoms with van der Waals surface area (Å²) in [6.07, 6.45) is 1.51. The quantitative estimate of drug-likeness (QED) is 0.505. The molecule has 1 atom stereocenters. The van der Waals surface area contributed by atoms with Gasteiger partial charge in [-0.25, -0.2) is 0 Å². The smallest absolute Gasteiger partial charge is 0.111 e. The number of hydrogen-bond acceptors (Lipinski definition) is 1. The molecule has 0 rings (SSSR count). The maximum absolute atomic E-state index is 8.61. The number of aliphatic hydroxyl groups is 1. The van der Waals surface area contributed by atoms with E-state index in [9.17, 15) is 0 Å². The predicted octanol–water partition coefficient (Wildman–Crippen LogP) is 1.17. The van der Waals surface area contributed by atoms with Gasteiger partial charge in [-0.05, 0) is 13.3 Å². The van der Waals surface area contributed by atoms with Crippen LogP contribution in [-0.4, -0.2) is 11.2 Å². The number of hydrogen-bond donors (Lipinski definition) is 1. The minimum Gasteiger partial charge on any atom is -0.381 e. The van der Waals surface area contributed by atoms with Crippen LogP contribution in [0.25, 0.3) is 0 Å². The molecule has 0 saturated carbocycles. The highest BCUT2D eigenvalue weighted by molar-refractivity contribution is 5.02. The highest BCUT2D eigenvalue weighted by Crippen LogP contribution is 1.82. The van der Waals surface area contributed by atoms with E-state index in [-0.39, 0.29) is 0 Å². The first-order valence-electron chi connectivity index (χ1n) is 2.93. The van der Waals surface area contributed by atoms with Crippen molar-refractivity contribution in [1.82, 2.24) is 0 Å². The van der Waals surface area contributed by atoms with Gasteiger partial charge in [-0.2, -0.15) is 0 Å². The van der Waals surface area contributed by atoms with Gasteiger partial charge in [0.15, 0.2) is 0 Å². The summed E-state index contributed by atoms with van der Waals surface area (Å²) >= 11 is 0. The fraction of sp³-hybridized carbons (Fsp3) is 0.714. The lowest BCUT2D eigenvalue weighted by Gasteiger charge is -1.85. The maximum atomic E-state index is 8.61. The van der Waals surface area contributed by atoms with Crippen LogP contribution >= 0.6 is 0 Å². The predicted molar refractivity (Wildman–Crippen MR) is 34.4 cm³/mol. The molecule has 0 aromatic carbocycles. The lowest BCUT2D eigenvalue weighted by molar-refractivity contribution is 0.253. The Balaban J connectivity index is 3.20. The van der Waals surface area contributed by atoms with Gasteiger partial charge in [0.2, 0.25) is 0 Å². The third-order valence-electron chi connectivity index (χ3n) is 0.686. The summed E-state index contributed by atoms with van der Waals surface area (Å²) in [5, 5.41) is 8.61. The van der Waals surface area contributed by atoms with E-state index in [1.54, 1.807) is 6.92 Å². The highest BCUT2D eigenvalue weighted by Gasteiger charge is 1.79. The maximum Gasteiger partial charge on any atom is 0.111 e. The van der Waals surface area contributed by atoms with Crippen LogP contribution in [0.3, 0.4) is 0 Å². The Morgan fingerprint density at radius 2 is 2.25 bits per heavy atom. The third kappa shape index (κ3) is 5.52. The molecule has 0 aromatic rings. The molecule has 1 nitrogen and oxygen atoms in total. The van der Waals surface area contributed by atoms with E-state index in [1.807, 2.05) is 0 Å². The molecular weight excluding hydrogens is 100 g/mol. The molecule has 0 aliphatic rings. The molecule has 0 aliphatic heterocycles. The fourth-order valence-electron chi connectivity index (χ4n) is 0.345. The molecular formula is C7H12O. The van der Waals surface area contributed by atoms with Crippen molar-refractivity contribution < 1.29 is 5.11 Å². The van der Waals surface area contributed by atoms with Gasteiger partial charge < -0.3 is 5.11 Å². The molecule has 0 aromatic heterocycles. The first-order valence-corrected chi connectivity index (χ1v) is 2.93. The van der Waals surface area contributed by atoms with E-state index in [0.29, 0.717) is 0 Å². The van der Waals surface area contributed by atoms with Crippen LogP contribution in [0.2, 0.25) is 0 Å². The monoisotopic (exact) mass is 112 g/mol. The van der Waals surface area contributed by atoms with E-state index >= 15 is 0 Å². The molecule has 0 fully saturated rings. The van der Waals surface area contributed by atoms with Crippen molar-refractivity contribution >= 4 is 0 Å². The molecule has 1 heteroatoms. The minimum atomic E-state index is -0.457. The van der Waals surface area contributed by atoms with E-state index in [0.717, 1.165) is 12.8 Å². The van der Waals surface area contributed by atoms with Crippen LogP contribution in [0.4, 0.5) is 0 Å². The SMILES string of the molecule is CCCC#C[C@H](C)O. The van der Waals surface area contributed by atoms with Gasteiger partial charge in [-0.15, -0.1) is 5.92 Å². The molecule has 0 spiro atoms. The molecule has 0 saturated heterocycles. The topological polar surface area (TPSA) is 20.2 Å². The zero-order valence-electron chi connectivity index (χ0n) is 5.44. The summed E-state index contributed by atoms with van der Waals surface area (Å²) in [7, 11) is 0. The first-order chi connectivity index (χ1) is 3.77. The van der Waals surface area contributed by atoms with Crippen LogP contribution in [0.1, 0.15) is 26.7 Å². The Morgan fingerprint density at radius 3 is 2.62 bits per heavy atom. The second-order valence-electron chi connectivity index (χ2n) is 1.75. The summed E-state index contributed by atoms with van der Waals surface area (Å²) in [6, 6.07) is 0. The van der Waals surface area contributed by atoms with Crippen molar-refractivity contribution in [3.05, 3.63) is 0 Å². The van der Waals surface area contributed by atoms with E-state index < -0.39 is 6.10 Å². The zero-order valence-corrected chi connectivity index (χ0v) is 5.44. The lowest BCUT2D eigenvalue weighted by atomic mass is 10.3. The van der Waals surface area contributed by atoms with Crippen LogP contribution in [0.5, 0.6) is 0 Å². The second kappa shape index (κ2) is 4.67. The van der Waals surface area contributed by atoms with Crippen LogP contribution in [0.15, 0.2) is 0 Å². The fourth-order valence-corrected chi connectivity index (χ4v) is 0.345. The Bertz CT molecular complexity index is 94.7. The summed E-state index contributed by atoms with van der Waals surface area (Å²) in [6.45, 7) is 3.74. The van der Waals surface area contributed by atoms with Crippen molar-refractivity contribution in [2.75, 3.05) is 0 Å². The molecule has 0 heterocycles. The number of unbranched alkanes of at least 4 members (excludes halogenated alkanes) is 1. The minimum absolute atomic E-state index is 0.457. The average molecular weight is 112 g/mol. The molecule has 0 radical (unpaired) electrons. The van der Waals surface area contributed by atoms with Gasteiger partial charge in [0.1, 0.15) is 6.10 Å². The van der Waals surface area contributed by atoms with E-state index in [2.05, 4.69) is 18.8 Å². The summed E-state index contributed by atoms with van der Waals surface area (Å²) in [5.74, 6) is 5.49. The van der Waals surface area contributed by atoms with Gasteiger partial charge >= 0.3 is 0 Å². The van der Waals surface area contributed by atoms with Crippen LogP contribution in [0, 0.1) is 11.8 Å². The average Bonchev–Trinajstić information content (AvgIpc) is 1.66. The van der Waals surface area contributed by atoms with Gasteiger partial charge in [-0.3, -0.25) is 0 Å². The molecule has 0 aliphatic carbocycles. The lowest BCUT2D eigenvalue weighted by Crippen LogP contribution is -1.91. The van der Waals surface area contributed by atoms with E-state index in [1.165, 1.54) is 0 Å². The van der Waals surface area contributed by atoms with Gasteiger partial charge in [0.05, 0.1) is 0 Å². The molecule has 8 heavy (non-hydrogen) atoms. The second-order valence-corrected chi connectivity index (χ2v) is 1.75. The standard InChI is InChI=1S/C7H12O/c1-3-4-5-6-7(2)8/h7-8H,3-4H2,1-2H3/t7-/m0/s1. The van der Waals surface area contributed by atoms with E-state index in [4.69, 9.17) is 5.11 Å². The normalized spacial score (nSPS) is 11.9. The number of aliphatic hydroxyl groups excluding tert-OH is 1. The molecule has 0 bridgehead atoms. The molecule has 1 N–H and O–H groups in total. The van der Waals surface area contributed by atoms with Crippen LogP contribution in [-0.2, 0) is 0 Å². The van der Waals surface area contributed by atoms with Gasteiger partial charge in [-0.1, -0.05) is 12.8 Å². The largest absolute Gasteiger partial charge is 0.381 e.